The second-order valence-corrected chi connectivity index (χ2v) is 6.28. The summed E-state index contributed by atoms with van der Waals surface area (Å²) in [7, 11) is 2.92. The van der Waals surface area contributed by atoms with Gasteiger partial charge >= 0.3 is 5.97 Å². The van der Waals surface area contributed by atoms with Gasteiger partial charge in [0.1, 0.15) is 17.1 Å². The maximum absolute atomic E-state index is 11.8. The van der Waals surface area contributed by atoms with E-state index in [1.807, 2.05) is 0 Å². The molecule has 1 atom stereocenters. The fourth-order valence-electron chi connectivity index (χ4n) is 1.79. The van der Waals surface area contributed by atoms with Crippen LogP contribution in [-0.4, -0.2) is 32.5 Å². The fraction of sp³-hybridized carbons (Fsp3) is 0.562. The zero-order chi connectivity index (χ0) is 16.0. The first-order valence-corrected chi connectivity index (χ1v) is 7.46. The normalized spacial score (nSPS) is 12.7. The van der Waals surface area contributed by atoms with Gasteiger partial charge in [-0.25, -0.2) is 4.79 Å². The summed E-state index contributed by atoms with van der Waals surface area (Å²) in [6.45, 7) is 6.91. The van der Waals surface area contributed by atoms with Gasteiger partial charge in [-0.1, -0.05) is 20.8 Å². The number of hydrogen-bond acceptors (Lipinski definition) is 5. The van der Waals surface area contributed by atoms with Gasteiger partial charge in [0.05, 0.1) is 20.8 Å². The van der Waals surface area contributed by atoms with Crippen molar-refractivity contribution < 1.29 is 19.0 Å². The Bertz CT molecular complexity index is 480. The summed E-state index contributed by atoms with van der Waals surface area (Å²) < 4.78 is 15.8. The molecule has 0 aliphatic carbocycles. The van der Waals surface area contributed by atoms with Crippen molar-refractivity contribution in [3.63, 3.8) is 0 Å². The molecule has 0 spiro atoms. The number of benzene rings is 1. The minimum absolute atomic E-state index is 0.0754. The summed E-state index contributed by atoms with van der Waals surface area (Å²) in [6.07, 6.45) is 0. The summed E-state index contributed by atoms with van der Waals surface area (Å²) in [6, 6.07) is 5.05. The van der Waals surface area contributed by atoms with Crippen molar-refractivity contribution in [2.24, 2.45) is 11.3 Å². The molecule has 0 aliphatic heterocycles. The number of carbonyl (C=O) groups excluding carboxylic acids is 1. The molecular formula is C16H24O4S. The van der Waals surface area contributed by atoms with E-state index in [2.05, 4.69) is 33.4 Å². The molecule has 0 radical (unpaired) electrons. The maximum Gasteiger partial charge on any atom is 0.341 e. The molecule has 4 nitrogen and oxygen atoms in total. The van der Waals surface area contributed by atoms with Crippen LogP contribution < -0.4 is 9.47 Å². The molecule has 0 heterocycles. The second kappa shape index (κ2) is 7.59. The largest absolute Gasteiger partial charge is 0.497 e. The SMILES string of the molecule is COC(=O)c1ccc(OC)cc1OCC(CS)C(C)(C)C. The quantitative estimate of drug-likeness (QED) is 0.645. The molecule has 0 aliphatic rings. The van der Waals surface area contributed by atoms with E-state index < -0.39 is 5.97 Å². The molecule has 1 rings (SSSR count). The Morgan fingerprint density at radius 2 is 1.95 bits per heavy atom. The van der Waals surface area contributed by atoms with E-state index >= 15 is 0 Å². The second-order valence-electron chi connectivity index (χ2n) is 5.91. The Kier molecular flexibility index (Phi) is 6.40. The third-order valence-electron chi connectivity index (χ3n) is 3.48. The van der Waals surface area contributed by atoms with Crippen LogP contribution in [0.1, 0.15) is 31.1 Å². The molecule has 1 unspecified atom stereocenters. The minimum Gasteiger partial charge on any atom is -0.497 e. The van der Waals surface area contributed by atoms with Gasteiger partial charge in [-0.2, -0.15) is 12.6 Å². The van der Waals surface area contributed by atoms with E-state index in [0.717, 1.165) is 0 Å². The lowest BCUT2D eigenvalue weighted by Gasteiger charge is -2.29. The standard InChI is InChI=1S/C16H24O4S/c1-16(2,3)11(10-21)9-20-14-8-12(18-4)6-7-13(14)15(17)19-5/h6-8,11,21H,9-10H2,1-5H3. The lowest BCUT2D eigenvalue weighted by atomic mass is 9.82. The zero-order valence-electron chi connectivity index (χ0n) is 13.3. The van der Waals surface area contributed by atoms with E-state index in [1.165, 1.54) is 7.11 Å². The van der Waals surface area contributed by atoms with Gasteiger partial charge in [0.2, 0.25) is 0 Å². The summed E-state index contributed by atoms with van der Waals surface area (Å²) >= 11 is 4.38. The van der Waals surface area contributed by atoms with Crippen LogP contribution in [0.5, 0.6) is 11.5 Å². The maximum atomic E-state index is 11.8. The summed E-state index contributed by atoms with van der Waals surface area (Å²) in [5.74, 6) is 1.65. The Balaban J connectivity index is 2.97. The molecule has 0 bridgehead atoms. The molecule has 0 saturated heterocycles. The van der Waals surface area contributed by atoms with Crippen LogP contribution in [0.2, 0.25) is 0 Å². The van der Waals surface area contributed by atoms with Gasteiger partial charge in [-0.3, -0.25) is 0 Å². The van der Waals surface area contributed by atoms with Crippen molar-refractivity contribution in [3.8, 4) is 11.5 Å². The van der Waals surface area contributed by atoms with Crippen molar-refractivity contribution in [2.45, 2.75) is 20.8 Å². The average molecular weight is 312 g/mol. The first-order valence-electron chi connectivity index (χ1n) is 6.83. The van der Waals surface area contributed by atoms with E-state index in [1.54, 1.807) is 25.3 Å². The van der Waals surface area contributed by atoms with E-state index in [9.17, 15) is 4.79 Å². The van der Waals surface area contributed by atoms with Crippen molar-refractivity contribution in [3.05, 3.63) is 23.8 Å². The molecule has 118 valence electrons. The lowest BCUT2D eigenvalue weighted by Crippen LogP contribution is -2.28. The van der Waals surface area contributed by atoms with Crippen LogP contribution >= 0.6 is 12.6 Å². The van der Waals surface area contributed by atoms with Crippen LogP contribution in [0, 0.1) is 11.3 Å². The number of esters is 1. The average Bonchev–Trinajstić information content (AvgIpc) is 2.45. The molecular weight excluding hydrogens is 288 g/mol. The van der Waals surface area contributed by atoms with E-state index in [-0.39, 0.29) is 11.3 Å². The van der Waals surface area contributed by atoms with Gasteiger partial charge < -0.3 is 14.2 Å². The van der Waals surface area contributed by atoms with Gasteiger partial charge in [-0.05, 0) is 23.3 Å². The van der Waals surface area contributed by atoms with Crippen LogP contribution in [0.3, 0.4) is 0 Å². The Labute approximate surface area is 132 Å². The highest BCUT2D eigenvalue weighted by molar-refractivity contribution is 7.80. The first-order chi connectivity index (χ1) is 9.83. The van der Waals surface area contributed by atoms with Gasteiger partial charge in [-0.15, -0.1) is 0 Å². The van der Waals surface area contributed by atoms with E-state index in [0.29, 0.717) is 29.4 Å². The molecule has 0 aromatic heterocycles. The van der Waals surface area contributed by atoms with Crippen molar-refractivity contribution in [1.29, 1.82) is 0 Å². The molecule has 5 heteroatoms. The summed E-state index contributed by atoms with van der Waals surface area (Å²) in [4.78, 5) is 11.8. The molecule has 1 aromatic rings. The monoisotopic (exact) mass is 312 g/mol. The molecule has 0 amide bonds. The molecule has 21 heavy (non-hydrogen) atoms. The van der Waals surface area contributed by atoms with Crippen molar-refractivity contribution >= 4 is 18.6 Å². The smallest absolute Gasteiger partial charge is 0.341 e. The predicted molar refractivity (Wildman–Crippen MR) is 86.6 cm³/mol. The highest BCUT2D eigenvalue weighted by Crippen LogP contribution is 2.30. The predicted octanol–water partition coefficient (Wildman–Crippen LogP) is 3.45. The highest BCUT2D eigenvalue weighted by atomic mass is 32.1. The highest BCUT2D eigenvalue weighted by Gasteiger charge is 2.25. The number of methoxy groups -OCH3 is 2. The topological polar surface area (TPSA) is 44.8 Å². The third kappa shape index (κ3) is 4.84. The van der Waals surface area contributed by atoms with Crippen LogP contribution in [0.25, 0.3) is 0 Å². The van der Waals surface area contributed by atoms with Crippen molar-refractivity contribution in [1.82, 2.24) is 0 Å². The number of hydrogen-bond donors (Lipinski definition) is 1. The summed E-state index contributed by atoms with van der Waals surface area (Å²) in [5, 5.41) is 0. The zero-order valence-corrected chi connectivity index (χ0v) is 14.2. The molecule has 0 fully saturated rings. The minimum atomic E-state index is -0.425. The van der Waals surface area contributed by atoms with Gasteiger partial charge in [0, 0.05) is 12.0 Å². The Hall–Kier alpha value is -1.36. The molecule has 0 saturated carbocycles. The van der Waals surface area contributed by atoms with Crippen LogP contribution in [0.4, 0.5) is 0 Å². The van der Waals surface area contributed by atoms with Crippen molar-refractivity contribution in [2.75, 3.05) is 26.6 Å². The molecule has 1 aromatic carbocycles. The number of thiol groups is 1. The third-order valence-corrected chi connectivity index (χ3v) is 3.92. The fourth-order valence-corrected chi connectivity index (χ4v) is 2.45. The number of carbonyl (C=O) groups is 1. The number of rotatable bonds is 6. The van der Waals surface area contributed by atoms with Crippen LogP contribution in [0.15, 0.2) is 18.2 Å². The van der Waals surface area contributed by atoms with Gasteiger partial charge in [0.25, 0.3) is 0 Å². The lowest BCUT2D eigenvalue weighted by molar-refractivity contribution is 0.0593. The Morgan fingerprint density at radius 1 is 1.29 bits per heavy atom. The van der Waals surface area contributed by atoms with E-state index in [4.69, 9.17) is 14.2 Å². The summed E-state index contributed by atoms with van der Waals surface area (Å²) in [5.41, 5.74) is 0.469. The van der Waals surface area contributed by atoms with Gasteiger partial charge in [0.15, 0.2) is 0 Å². The number of ether oxygens (including phenoxy) is 3. The molecule has 0 N–H and O–H groups in total. The first kappa shape index (κ1) is 17.7. The van der Waals surface area contributed by atoms with Crippen LogP contribution in [-0.2, 0) is 4.74 Å². The Morgan fingerprint density at radius 3 is 2.43 bits per heavy atom.